The lowest BCUT2D eigenvalue weighted by molar-refractivity contribution is 0.714. The van der Waals surface area contributed by atoms with E-state index in [0.717, 1.165) is 22.4 Å². The molecule has 0 aliphatic heterocycles. The Morgan fingerprint density at radius 1 is 0.545 bits per heavy atom. The summed E-state index contributed by atoms with van der Waals surface area (Å²) in [5.41, 5.74) is 14.0. The van der Waals surface area contributed by atoms with E-state index in [4.69, 9.17) is 15.0 Å². The molecule has 0 N–H and O–H groups in total. The molecule has 7 aromatic carbocycles. The minimum Gasteiger partial charge on any atom is -0.309 e. The molecular weight excluding hydrogens is 669 g/mol. The summed E-state index contributed by atoms with van der Waals surface area (Å²) in [7, 11) is 0. The van der Waals surface area contributed by atoms with Crippen LogP contribution in [-0.4, -0.2) is 19.5 Å². The summed E-state index contributed by atoms with van der Waals surface area (Å²) in [6.07, 6.45) is 1.70. The molecule has 2 heterocycles. The first-order valence-electron chi connectivity index (χ1n) is 18.6. The lowest BCUT2D eigenvalue weighted by Crippen LogP contribution is -2.22. The van der Waals surface area contributed by atoms with Crippen molar-refractivity contribution in [1.82, 2.24) is 19.5 Å². The molecule has 260 valence electrons. The zero-order valence-electron chi connectivity index (χ0n) is 30.4. The quantitative estimate of drug-likeness (QED) is 0.155. The van der Waals surface area contributed by atoms with Gasteiger partial charge in [0, 0.05) is 38.6 Å². The largest absolute Gasteiger partial charge is 0.309 e. The maximum atomic E-state index is 5.10. The SMILES string of the molecule is C=CC(=C)c1nc(-c2ccccc2)nc(-c2cccc3c2-c2ccc(-c4ccc5c(c4)c4ccccc4n5-c4ccccc4)cc2C3(C)c2ccccc2)n1. The Morgan fingerprint density at radius 3 is 1.98 bits per heavy atom. The third kappa shape index (κ3) is 5.10. The van der Waals surface area contributed by atoms with Gasteiger partial charge in [-0.1, -0.05) is 153 Å². The van der Waals surface area contributed by atoms with Gasteiger partial charge in [-0.3, -0.25) is 0 Å². The van der Waals surface area contributed by atoms with E-state index < -0.39 is 5.41 Å². The topological polar surface area (TPSA) is 43.6 Å². The highest BCUT2D eigenvalue weighted by molar-refractivity contribution is 6.10. The molecule has 0 radical (unpaired) electrons. The van der Waals surface area contributed by atoms with Crippen molar-refractivity contribution in [1.29, 1.82) is 0 Å². The molecule has 0 fully saturated rings. The minimum atomic E-state index is -0.436. The highest BCUT2D eigenvalue weighted by Crippen LogP contribution is 2.55. The molecule has 0 amide bonds. The number of hydrogen-bond donors (Lipinski definition) is 0. The molecule has 0 spiro atoms. The van der Waals surface area contributed by atoms with Crippen molar-refractivity contribution >= 4 is 27.4 Å². The van der Waals surface area contributed by atoms with Gasteiger partial charge in [-0.15, -0.1) is 0 Å². The summed E-state index contributed by atoms with van der Waals surface area (Å²) in [6, 6.07) is 60.6. The maximum Gasteiger partial charge on any atom is 0.164 e. The van der Waals surface area contributed by atoms with Crippen molar-refractivity contribution < 1.29 is 0 Å². The van der Waals surface area contributed by atoms with Gasteiger partial charge in [0.15, 0.2) is 17.5 Å². The fourth-order valence-corrected chi connectivity index (χ4v) is 8.48. The van der Waals surface area contributed by atoms with Gasteiger partial charge in [-0.25, -0.2) is 15.0 Å². The average Bonchev–Trinajstić information content (AvgIpc) is 3.73. The summed E-state index contributed by atoms with van der Waals surface area (Å²) in [6.45, 7) is 10.5. The Kier molecular flexibility index (Phi) is 7.53. The molecule has 10 rings (SSSR count). The van der Waals surface area contributed by atoms with Crippen LogP contribution in [0.15, 0.2) is 189 Å². The Hall–Kier alpha value is -7.17. The molecule has 0 bridgehead atoms. The number of hydrogen-bond acceptors (Lipinski definition) is 3. The van der Waals surface area contributed by atoms with Crippen molar-refractivity contribution in [2.24, 2.45) is 0 Å². The molecule has 1 atom stereocenters. The van der Waals surface area contributed by atoms with Gasteiger partial charge in [0.25, 0.3) is 0 Å². The Bertz CT molecular complexity index is 2960. The molecule has 4 nitrogen and oxygen atoms in total. The van der Waals surface area contributed by atoms with E-state index in [0.29, 0.717) is 23.0 Å². The second-order valence-corrected chi connectivity index (χ2v) is 14.3. The first-order chi connectivity index (χ1) is 27.0. The van der Waals surface area contributed by atoms with E-state index in [1.54, 1.807) is 6.08 Å². The predicted octanol–water partition coefficient (Wildman–Crippen LogP) is 12.5. The van der Waals surface area contributed by atoms with Crippen LogP contribution in [0.25, 0.3) is 78.1 Å². The first kappa shape index (κ1) is 32.5. The van der Waals surface area contributed by atoms with Crippen LogP contribution in [0.2, 0.25) is 0 Å². The summed E-state index contributed by atoms with van der Waals surface area (Å²) in [4.78, 5) is 14.9. The molecule has 1 unspecified atom stereocenters. The van der Waals surface area contributed by atoms with Crippen LogP contribution in [0, 0.1) is 0 Å². The molecule has 0 saturated heterocycles. The van der Waals surface area contributed by atoms with Crippen LogP contribution >= 0.6 is 0 Å². The van der Waals surface area contributed by atoms with Crippen molar-refractivity contribution in [2.45, 2.75) is 12.3 Å². The summed E-state index contributed by atoms with van der Waals surface area (Å²) in [5, 5.41) is 2.47. The molecular formula is C51H36N4. The van der Waals surface area contributed by atoms with Crippen LogP contribution < -0.4 is 0 Å². The molecule has 2 aromatic heterocycles. The van der Waals surface area contributed by atoms with E-state index in [-0.39, 0.29) is 0 Å². The van der Waals surface area contributed by atoms with E-state index >= 15 is 0 Å². The predicted molar refractivity (Wildman–Crippen MR) is 227 cm³/mol. The van der Waals surface area contributed by atoms with Gasteiger partial charge in [-0.05, 0) is 82.3 Å². The first-order valence-corrected chi connectivity index (χ1v) is 18.6. The van der Waals surface area contributed by atoms with Crippen molar-refractivity contribution in [3.63, 3.8) is 0 Å². The van der Waals surface area contributed by atoms with Crippen molar-refractivity contribution in [3.05, 3.63) is 212 Å². The number of allylic oxidation sites excluding steroid dienone is 2. The standard InChI is InChI=1S/C51H36N4/c1-4-33(2)48-52-49(34-17-8-5-9-18-34)54-50(53-48)41-24-16-25-43-47(41)40-29-27-36(32-44(40)51(43,3)37-19-10-6-11-20-37)35-28-30-46-42(31-35)39-23-14-15-26-45(39)55(46)38-21-12-7-13-22-38/h4-32H,1-2H2,3H3. The van der Waals surface area contributed by atoms with E-state index in [1.165, 1.54) is 55.2 Å². The number of rotatable bonds is 7. The summed E-state index contributed by atoms with van der Waals surface area (Å²) >= 11 is 0. The lowest BCUT2D eigenvalue weighted by Gasteiger charge is -2.28. The normalized spacial score (nSPS) is 14.5. The fraction of sp³-hybridized carbons (Fsp3) is 0.0392. The van der Waals surface area contributed by atoms with Crippen LogP contribution in [0.4, 0.5) is 0 Å². The fourth-order valence-electron chi connectivity index (χ4n) is 8.48. The van der Waals surface area contributed by atoms with Crippen LogP contribution in [0.3, 0.4) is 0 Å². The molecule has 1 aliphatic rings. The third-order valence-corrected chi connectivity index (χ3v) is 11.2. The Labute approximate surface area is 320 Å². The summed E-state index contributed by atoms with van der Waals surface area (Å²) in [5.74, 6) is 1.72. The van der Waals surface area contributed by atoms with E-state index in [1.807, 2.05) is 30.3 Å². The number of para-hydroxylation sites is 2. The second-order valence-electron chi connectivity index (χ2n) is 14.3. The highest BCUT2D eigenvalue weighted by Gasteiger charge is 2.42. The van der Waals surface area contributed by atoms with Gasteiger partial charge < -0.3 is 4.57 Å². The number of aromatic nitrogens is 4. The number of nitrogens with zero attached hydrogens (tertiary/aromatic N) is 4. The van der Waals surface area contributed by atoms with Crippen LogP contribution in [0.5, 0.6) is 0 Å². The monoisotopic (exact) mass is 704 g/mol. The van der Waals surface area contributed by atoms with Crippen LogP contribution in [-0.2, 0) is 5.41 Å². The molecule has 9 aromatic rings. The van der Waals surface area contributed by atoms with Gasteiger partial charge >= 0.3 is 0 Å². The van der Waals surface area contributed by atoms with E-state index in [9.17, 15) is 0 Å². The van der Waals surface area contributed by atoms with Gasteiger partial charge in [0.1, 0.15) is 0 Å². The highest BCUT2D eigenvalue weighted by atomic mass is 15.0. The zero-order chi connectivity index (χ0) is 37.1. The van der Waals surface area contributed by atoms with Gasteiger partial charge in [-0.2, -0.15) is 0 Å². The van der Waals surface area contributed by atoms with Crippen molar-refractivity contribution in [3.8, 4) is 50.7 Å². The smallest absolute Gasteiger partial charge is 0.164 e. The minimum absolute atomic E-state index is 0.436. The van der Waals surface area contributed by atoms with Crippen molar-refractivity contribution in [2.75, 3.05) is 0 Å². The van der Waals surface area contributed by atoms with Gasteiger partial charge in [0.05, 0.1) is 11.0 Å². The van der Waals surface area contributed by atoms with Gasteiger partial charge in [0.2, 0.25) is 0 Å². The summed E-state index contributed by atoms with van der Waals surface area (Å²) < 4.78 is 2.36. The van der Waals surface area contributed by atoms with Crippen LogP contribution in [0.1, 0.15) is 29.4 Å². The molecule has 55 heavy (non-hydrogen) atoms. The average molecular weight is 705 g/mol. The number of benzene rings is 7. The molecule has 1 aliphatic carbocycles. The second kappa shape index (κ2) is 12.8. The van der Waals surface area contributed by atoms with E-state index in [2.05, 4.69) is 164 Å². The third-order valence-electron chi connectivity index (χ3n) is 11.2. The lowest BCUT2D eigenvalue weighted by atomic mass is 9.73. The molecule has 0 saturated carbocycles. The Morgan fingerprint density at radius 2 is 1.20 bits per heavy atom. The molecule has 4 heteroatoms. The zero-order valence-corrected chi connectivity index (χ0v) is 30.4. The Balaban J connectivity index is 1.18. The maximum absolute atomic E-state index is 5.10. The number of fused-ring (bicyclic) bond motifs is 6.